The third-order valence-corrected chi connectivity index (χ3v) is 3.52. The minimum Gasteiger partial charge on any atom is -0.308 e. The number of nitrogens with zero attached hydrogens (tertiary/aromatic N) is 3. The second-order valence-corrected chi connectivity index (χ2v) is 5.13. The van der Waals surface area contributed by atoms with Gasteiger partial charge in [0.25, 0.3) is 0 Å². The maximum atomic E-state index is 4.60. The summed E-state index contributed by atoms with van der Waals surface area (Å²) in [5.74, 6) is 0. The highest BCUT2D eigenvalue weighted by Gasteiger charge is 2.20. The van der Waals surface area contributed by atoms with Crippen molar-refractivity contribution in [3.63, 3.8) is 0 Å². The average molecular weight is 234 g/mol. The van der Waals surface area contributed by atoms with Gasteiger partial charge < -0.3 is 5.32 Å². The molecule has 0 amide bonds. The van der Waals surface area contributed by atoms with E-state index >= 15 is 0 Å². The van der Waals surface area contributed by atoms with Crippen LogP contribution in [-0.4, -0.2) is 20.8 Å². The molecule has 2 aromatic heterocycles. The molecule has 0 saturated heterocycles. The average Bonchev–Trinajstić information content (AvgIpc) is 2.81. The predicted molar refractivity (Wildman–Crippen MR) is 64.2 cm³/mol. The minimum atomic E-state index is 0.741. The van der Waals surface area contributed by atoms with Crippen LogP contribution in [0.2, 0.25) is 0 Å². The first-order chi connectivity index (χ1) is 7.81. The van der Waals surface area contributed by atoms with Crippen molar-refractivity contribution in [3.8, 4) is 11.3 Å². The Balaban J connectivity index is 1.71. The zero-order chi connectivity index (χ0) is 11.0. The maximum Gasteiger partial charge on any atom is 0.107 e. The molecule has 2 heterocycles. The Morgan fingerprint density at radius 3 is 3.12 bits per heavy atom. The predicted octanol–water partition coefficient (Wildman–Crippen LogP) is 1.80. The summed E-state index contributed by atoms with van der Waals surface area (Å²) in [6, 6.07) is 0.741. The minimum absolute atomic E-state index is 0.741. The Morgan fingerprint density at radius 2 is 2.44 bits per heavy atom. The van der Waals surface area contributed by atoms with Gasteiger partial charge in [0.1, 0.15) is 5.01 Å². The summed E-state index contributed by atoms with van der Waals surface area (Å²) in [6.45, 7) is 0.898. The van der Waals surface area contributed by atoms with E-state index in [1.165, 1.54) is 12.8 Å². The number of hydrogen-bond acceptors (Lipinski definition) is 4. The summed E-state index contributed by atoms with van der Waals surface area (Å²) in [4.78, 5) is 4.60. The van der Waals surface area contributed by atoms with Crippen molar-refractivity contribution in [2.45, 2.75) is 25.4 Å². The number of rotatable bonds is 4. The fourth-order valence-corrected chi connectivity index (χ4v) is 2.35. The first kappa shape index (κ1) is 9.99. The molecular formula is C11H14N4S. The van der Waals surface area contributed by atoms with Crippen molar-refractivity contribution >= 4 is 11.3 Å². The van der Waals surface area contributed by atoms with Crippen molar-refractivity contribution in [2.24, 2.45) is 7.05 Å². The largest absolute Gasteiger partial charge is 0.308 e. The van der Waals surface area contributed by atoms with Crippen LogP contribution in [0.15, 0.2) is 17.8 Å². The molecule has 16 heavy (non-hydrogen) atoms. The molecule has 1 N–H and O–H groups in total. The van der Waals surface area contributed by atoms with Crippen LogP contribution in [0.1, 0.15) is 17.8 Å². The maximum absolute atomic E-state index is 4.60. The molecule has 0 unspecified atom stereocenters. The lowest BCUT2D eigenvalue weighted by Crippen LogP contribution is -2.14. The number of hydrogen-bond donors (Lipinski definition) is 1. The Morgan fingerprint density at radius 1 is 1.56 bits per heavy atom. The second-order valence-electron chi connectivity index (χ2n) is 4.18. The van der Waals surface area contributed by atoms with Crippen molar-refractivity contribution in [3.05, 3.63) is 22.8 Å². The van der Waals surface area contributed by atoms with Gasteiger partial charge >= 0.3 is 0 Å². The van der Waals surface area contributed by atoms with E-state index in [1.807, 2.05) is 19.4 Å². The molecule has 2 aromatic rings. The van der Waals surface area contributed by atoms with Crippen molar-refractivity contribution in [2.75, 3.05) is 0 Å². The van der Waals surface area contributed by atoms with Gasteiger partial charge in [0.2, 0.25) is 0 Å². The van der Waals surface area contributed by atoms with Gasteiger partial charge in [-0.3, -0.25) is 4.68 Å². The molecule has 3 rings (SSSR count). The Bertz CT molecular complexity index is 484. The lowest BCUT2D eigenvalue weighted by atomic mass is 10.3. The zero-order valence-corrected chi connectivity index (χ0v) is 10.00. The third kappa shape index (κ3) is 2.15. The Hall–Kier alpha value is -1.20. The Labute approximate surface area is 98.3 Å². The van der Waals surface area contributed by atoms with Gasteiger partial charge in [-0.15, -0.1) is 11.3 Å². The van der Waals surface area contributed by atoms with Crippen molar-refractivity contribution < 1.29 is 0 Å². The first-order valence-corrected chi connectivity index (χ1v) is 6.36. The standard InChI is InChI=1S/C11H14N4S/c1-15-6-8(4-13-15)10-7-16-11(14-10)5-12-9-2-3-9/h4,6-7,9,12H,2-3,5H2,1H3. The molecule has 1 aliphatic carbocycles. The van der Waals surface area contributed by atoms with Crippen molar-refractivity contribution in [1.29, 1.82) is 0 Å². The van der Waals surface area contributed by atoms with Gasteiger partial charge in [-0.25, -0.2) is 4.98 Å². The van der Waals surface area contributed by atoms with Crippen molar-refractivity contribution in [1.82, 2.24) is 20.1 Å². The Kier molecular flexibility index (Phi) is 2.49. The summed E-state index contributed by atoms with van der Waals surface area (Å²) < 4.78 is 1.80. The normalized spacial score (nSPS) is 15.6. The SMILES string of the molecule is Cn1cc(-c2csc(CNC3CC3)n2)cn1. The highest BCUT2D eigenvalue weighted by atomic mass is 32.1. The number of thiazole rings is 1. The van der Waals surface area contributed by atoms with Gasteiger partial charge in [0.15, 0.2) is 0 Å². The molecule has 1 saturated carbocycles. The van der Waals surface area contributed by atoms with E-state index in [0.29, 0.717) is 0 Å². The van der Waals surface area contributed by atoms with Gasteiger partial charge in [-0.1, -0.05) is 0 Å². The van der Waals surface area contributed by atoms with Crippen LogP contribution in [0.5, 0.6) is 0 Å². The quantitative estimate of drug-likeness (QED) is 0.877. The molecule has 0 spiro atoms. The zero-order valence-electron chi connectivity index (χ0n) is 9.18. The van der Waals surface area contributed by atoms with Crippen LogP contribution in [0.3, 0.4) is 0 Å². The number of aromatic nitrogens is 3. The highest BCUT2D eigenvalue weighted by molar-refractivity contribution is 7.09. The molecule has 0 atom stereocenters. The summed E-state index contributed by atoms with van der Waals surface area (Å²) in [5, 5.41) is 10.9. The summed E-state index contributed by atoms with van der Waals surface area (Å²) >= 11 is 1.71. The summed E-state index contributed by atoms with van der Waals surface area (Å²) in [7, 11) is 1.92. The molecule has 5 heteroatoms. The highest BCUT2D eigenvalue weighted by Crippen LogP contribution is 2.23. The van der Waals surface area contributed by atoms with Gasteiger partial charge in [-0.05, 0) is 12.8 Å². The fraction of sp³-hybridized carbons (Fsp3) is 0.455. The lowest BCUT2D eigenvalue weighted by molar-refractivity contribution is 0.685. The van der Waals surface area contributed by atoms with Crippen LogP contribution in [0.4, 0.5) is 0 Å². The van der Waals surface area contributed by atoms with Gasteiger partial charge in [0.05, 0.1) is 11.9 Å². The molecular weight excluding hydrogens is 220 g/mol. The fourth-order valence-electron chi connectivity index (χ4n) is 1.60. The topological polar surface area (TPSA) is 42.7 Å². The molecule has 4 nitrogen and oxygen atoms in total. The first-order valence-electron chi connectivity index (χ1n) is 5.48. The van der Waals surface area contributed by atoms with Gasteiger partial charge in [0, 0.05) is 36.8 Å². The lowest BCUT2D eigenvalue weighted by Gasteiger charge is -1.96. The van der Waals surface area contributed by atoms with Crippen LogP contribution >= 0.6 is 11.3 Å². The van der Waals surface area contributed by atoms with E-state index < -0.39 is 0 Å². The van der Waals surface area contributed by atoms with E-state index in [2.05, 4.69) is 20.8 Å². The smallest absolute Gasteiger partial charge is 0.107 e. The van der Waals surface area contributed by atoms with Gasteiger partial charge in [-0.2, -0.15) is 5.10 Å². The van der Waals surface area contributed by atoms with E-state index in [0.717, 1.165) is 28.9 Å². The van der Waals surface area contributed by atoms with E-state index in [1.54, 1.807) is 16.0 Å². The number of nitrogens with one attached hydrogen (secondary N) is 1. The third-order valence-electron chi connectivity index (χ3n) is 2.67. The molecule has 1 fully saturated rings. The number of aryl methyl sites for hydroxylation is 1. The molecule has 0 radical (unpaired) electrons. The van der Waals surface area contributed by atoms with Crippen LogP contribution in [-0.2, 0) is 13.6 Å². The molecule has 1 aliphatic rings. The molecule has 84 valence electrons. The summed E-state index contributed by atoms with van der Waals surface area (Å²) in [6.07, 6.45) is 6.49. The van der Waals surface area contributed by atoms with Crippen LogP contribution in [0.25, 0.3) is 11.3 Å². The summed E-state index contributed by atoms with van der Waals surface area (Å²) in [5.41, 5.74) is 2.13. The monoisotopic (exact) mass is 234 g/mol. The van der Waals surface area contributed by atoms with E-state index in [4.69, 9.17) is 0 Å². The van der Waals surface area contributed by atoms with Crippen LogP contribution in [0, 0.1) is 0 Å². The second kappa shape index (κ2) is 3.99. The van der Waals surface area contributed by atoms with Crippen LogP contribution < -0.4 is 5.32 Å². The molecule has 0 aromatic carbocycles. The van der Waals surface area contributed by atoms with E-state index in [-0.39, 0.29) is 0 Å². The molecule has 0 bridgehead atoms. The van der Waals surface area contributed by atoms with E-state index in [9.17, 15) is 0 Å². The molecule has 0 aliphatic heterocycles.